The number of carbonyl (C=O) groups is 1. The second-order valence-corrected chi connectivity index (χ2v) is 4.23. The molecule has 1 aromatic rings. The minimum atomic E-state index is -0.775. The van der Waals surface area contributed by atoms with Gasteiger partial charge in [-0.25, -0.2) is 0 Å². The zero-order valence-corrected chi connectivity index (χ0v) is 10.1. The number of benzene rings is 1. The Kier molecular flexibility index (Phi) is 4.94. The SMILES string of the molecule is C[C@@H](CO)NC(=O)[C@@H](N)Cc1ccc(O)c(O)c1. The molecular formula is C12H18N2O4. The predicted octanol–water partition coefficient (Wildman–Crippen LogP) is -0.535. The van der Waals surface area contributed by atoms with Crippen molar-refractivity contribution in [2.24, 2.45) is 5.73 Å². The van der Waals surface area contributed by atoms with Crippen LogP contribution in [-0.2, 0) is 11.2 Å². The van der Waals surface area contributed by atoms with Gasteiger partial charge in [-0.3, -0.25) is 4.79 Å². The Morgan fingerprint density at radius 3 is 2.61 bits per heavy atom. The molecule has 0 aliphatic heterocycles. The summed E-state index contributed by atoms with van der Waals surface area (Å²) in [6.07, 6.45) is 0.234. The molecule has 18 heavy (non-hydrogen) atoms. The highest BCUT2D eigenvalue weighted by atomic mass is 16.3. The molecule has 0 saturated heterocycles. The highest BCUT2D eigenvalue weighted by Crippen LogP contribution is 2.25. The fraction of sp³-hybridized carbons (Fsp3) is 0.417. The van der Waals surface area contributed by atoms with Crippen LogP contribution < -0.4 is 11.1 Å². The molecule has 1 rings (SSSR count). The Balaban J connectivity index is 2.60. The Morgan fingerprint density at radius 1 is 1.39 bits per heavy atom. The van der Waals surface area contributed by atoms with Crippen LogP contribution in [0, 0.1) is 0 Å². The molecule has 0 radical (unpaired) electrons. The molecule has 0 aromatic heterocycles. The van der Waals surface area contributed by atoms with Crippen molar-refractivity contribution in [3.63, 3.8) is 0 Å². The van der Waals surface area contributed by atoms with Crippen molar-refractivity contribution in [2.45, 2.75) is 25.4 Å². The molecule has 0 bridgehead atoms. The number of hydrogen-bond acceptors (Lipinski definition) is 5. The first-order valence-electron chi connectivity index (χ1n) is 5.61. The Labute approximate surface area is 105 Å². The van der Waals surface area contributed by atoms with Gasteiger partial charge in [0.25, 0.3) is 0 Å². The monoisotopic (exact) mass is 254 g/mol. The number of aliphatic hydroxyl groups is 1. The maximum absolute atomic E-state index is 11.6. The molecular weight excluding hydrogens is 236 g/mol. The van der Waals surface area contributed by atoms with Crippen molar-refractivity contribution in [1.82, 2.24) is 5.32 Å². The first-order valence-corrected chi connectivity index (χ1v) is 5.61. The summed E-state index contributed by atoms with van der Waals surface area (Å²) in [7, 11) is 0. The average molecular weight is 254 g/mol. The first-order chi connectivity index (χ1) is 8.43. The summed E-state index contributed by atoms with van der Waals surface area (Å²) >= 11 is 0. The standard InChI is InChI=1S/C12H18N2O4/c1-7(6-15)14-12(18)9(13)4-8-2-3-10(16)11(17)5-8/h2-3,5,7,9,15-17H,4,6,13H2,1H3,(H,14,18)/t7-,9-/m0/s1. The van der Waals surface area contributed by atoms with Crippen LogP contribution in [0.15, 0.2) is 18.2 Å². The number of rotatable bonds is 5. The fourth-order valence-electron chi connectivity index (χ4n) is 1.44. The van der Waals surface area contributed by atoms with E-state index in [1.54, 1.807) is 13.0 Å². The van der Waals surface area contributed by atoms with E-state index in [1.165, 1.54) is 12.1 Å². The summed E-state index contributed by atoms with van der Waals surface area (Å²) in [4.78, 5) is 11.6. The molecule has 0 aliphatic carbocycles. The van der Waals surface area contributed by atoms with Gasteiger partial charge < -0.3 is 26.4 Å². The molecule has 0 fully saturated rings. The van der Waals surface area contributed by atoms with E-state index in [2.05, 4.69) is 5.32 Å². The first kappa shape index (κ1) is 14.3. The second-order valence-electron chi connectivity index (χ2n) is 4.23. The van der Waals surface area contributed by atoms with Gasteiger partial charge in [-0.2, -0.15) is 0 Å². The topological polar surface area (TPSA) is 116 Å². The Bertz CT molecular complexity index is 423. The molecule has 1 amide bonds. The van der Waals surface area contributed by atoms with Gasteiger partial charge in [0.15, 0.2) is 11.5 Å². The lowest BCUT2D eigenvalue weighted by molar-refractivity contribution is -0.123. The van der Waals surface area contributed by atoms with Crippen LogP contribution in [0.3, 0.4) is 0 Å². The maximum atomic E-state index is 11.6. The molecule has 6 nitrogen and oxygen atoms in total. The number of nitrogens with two attached hydrogens (primary N) is 1. The van der Waals surface area contributed by atoms with Gasteiger partial charge in [0.1, 0.15) is 0 Å². The van der Waals surface area contributed by atoms with E-state index < -0.39 is 6.04 Å². The van der Waals surface area contributed by atoms with Crippen molar-refractivity contribution in [3.8, 4) is 11.5 Å². The van der Waals surface area contributed by atoms with Crippen molar-refractivity contribution < 1.29 is 20.1 Å². The molecule has 0 saturated carbocycles. The van der Waals surface area contributed by atoms with E-state index in [4.69, 9.17) is 15.9 Å². The van der Waals surface area contributed by atoms with E-state index in [-0.39, 0.29) is 36.5 Å². The second kappa shape index (κ2) is 6.23. The van der Waals surface area contributed by atoms with E-state index in [9.17, 15) is 9.90 Å². The number of phenolic OH excluding ortho intramolecular Hbond substituents is 2. The van der Waals surface area contributed by atoms with Crippen LogP contribution in [0.4, 0.5) is 0 Å². The number of aliphatic hydroxyl groups excluding tert-OH is 1. The van der Waals surface area contributed by atoms with Gasteiger partial charge in [-0.15, -0.1) is 0 Å². The third-order valence-electron chi connectivity index (χ3n) is 2.49. The summed E-state index contributed by atoms with van der Waals surface area (Å²) in [5.41, 5.74) is 6.35. The average Bonchev–Trinajstić information content (AvgIpc) is 2.33. The minimum absolute atomic E-state index is 0.154. The third kappa shape index (κ3) is 3.90. The molecule has 0 aliphatic rings. The van der Waals surface area contributed by atoms with E-state index >= 15 is 0 Å². The van der Waals surface area contributed by atoms with Crippen LogP contribution >= 0.6 is 0 Å². The lowest BCUT2D eigenvalue weighted by Gasteiger charge is -2.16. The van der Waals surface area contributed by atoms with Crippen LogP contribution in [0.5, 0.6) is 11.5 Å². The summed E-state index contributed by atoms with van der Waals surface area (Å²) in [6, 6.07) is 3.15. The van der Waals surface area contributed by atoms with Crippen LogP contribution in [-0.4, -0.2) is 39.9 Å². The number of carbonyl (C=O) groups excluding carboxylic acids is 1. The van der Waals surface area contributed by atoms with Gasteiger partial charge in [0, 0.05) is 6.04 Å². The summed E-state index contributed by atoms with van der Waals surface area (Å²) in [6.45, 7) is 1.51. The van der Waals surface area contributed by atoms with E-state index in [0.29, 0.717) is 5.56 Å². The Hall–Kier alpha value is -1.79. The van der Waals surface area contributed by atoms with Crippen LogP contribution in [0.2, 0.25) is 0 Å². The number of phenols is 2. The number of hydrogen-bond donors (Lipinski definition) is 5. The normalized spacial score (nSPS) is 13.9. The molecule has 2 atom stereocenters. The molecule has 0 unspecified atom stereocenters. The van der Waals surface area contributed by atoms with Gasteiger partial charge in [-0.1, -0.05) is 6.07 Å². The number of amides is 1. The van der Waals surface area contributed by atoms with Crippen molar-refractivity contribution in [3.05, 3.63) is 23.8 Å². The number of aromatic hydroxyl groups is 2. The maximum Gasteiger partial charge on any atom is 0.237 e. The largest absolute Gasteiger partial charge is 0.504 e. The summed E-state index contributed by atoms with van der Waals surface area (Å²) in [5.74, 6) is -0.835. The van der Waals surface area contributed by atoms with Gasteiger partial charge in [0.2, 0.25) is 5.91 Å². The lowest BCUT2D eigenvalue weighted by atomic mass is 10.1. The van der Waals surface area contributed by atoms with Gasteiger partial charge >= 0.3 is 0 Å². The van der Waals surface area contributed by atoms with E-state index in [0.717, 1.165) is 0 Å². The van der Waals surface area contributed by atoms with Gasteiger partial charge in [0.05, 0.1) is 12.6 Å². The fourth-order valence-corrected chi connectivity index (χ4v) is 1.44. The van der Waals surface area contributed by atoms with Crippen molar-refractivity contribution in [2.75, 3.05) is 6.61 Å². The van der Waals surface area contributed by atoms with Gasteiger partial charge in [-0.05, 0) is 31.0 Å². The predicted molar refractivity (Wildman–Crippen MR) is 66.1 cm³/mol. The zero-order chi connectivity index (χ0) is 13.7. The van der Waals surface area contributed by atoms with E-state index in [1.807, 2.05) is 0 Å². The van der Waals surface area contributed by atoms with Crippen LogP contribution in [0.25, 0.3) is 0 Å². The summed E-state index contributed by atoms with van der Waals surface area (Å²) < 4.78 is 0. The molecule has 6 heteroatoms. The smallest absolute Gasteiger partial charge is 0.237 e. The lowest BCUT2D eigenvalue weighted by Crippen LogP contribution is -2.46. The van der Waals surface area contributed by atoms with Crippen molar-refractivity contribution >= 4 is 5.91 Å². The molecule has 0 heterocycles. The number of nitrogens with one attached hydrogen (secondary N) is 1. The summed E-state index contributed by atoms with van der Waals surface area (Å²) in [5, 5.41) is 29.8. The molecule has 6 N–H and O–H groups in total. The third-order valence-corrected chi connectivity index (χ3v) is 2.49. The van der Waals surface area contributed by atoms with Crippen molar-refractivity contribution in [1.29, 1.82) is 0 Å². The highest BCUT2D eigenvalue weighted by Gasteiger charge is 2.16. The Morgan fingerprint density at radius 2 is 2.06 bits per heavy atom. The quantitative estimate of drug-likeness (QED) is 0.453. The van der Waals surface area contributed by atoms with Crippen LogP contribution in [0.1, 0.15) is 12.5 Å². The molecule has 1 aromatic carbocycles. The highest BCUT2D eigenvalue weighted by molar-refractivity contribution is 5.82. The molecule has 0 spiro atoms. The molecule has 100 valence electrons. The zero-order valence-electron chi connectivity index (χ0n) is 10.1. The minimum Gasteiger partial charge on any atom is -0.504 e.